The van der Waals surface area contributed by atoms with E-state index in [1.54, 1.807) is 0 Å². The summed E-state index contributed by atoms with van der Waals surface area (Å²) in [5.41, 5.74) is -0.556. The maximum atomic E-state index is 10.3. The minimum Gasteiger partial charge on any atom is -0.387 e. The largest absolute Gasteiger partial charge is 0.387 e. The molecule has 1 rings (SSSR count). The molecule has 1 fully saturated rings. The molecule has 0 aromatic rings. The van der Waals surface area contributed by atoms with Gasteiger partial charge in [0.05, 0.1) is 12.2 Å². The molecule has 0 radical (unpaired) electrons. The molecule has 0 aliphatic heterocycles. The summed E-state index contributed by atoms with van der Waals surface area (Å²) in [7, 11) is 0. The zero-order valence-corrected chi connectivity index (χ0v) is 10.8. The van der Waals surface area contributed by atoms with E-state index in [0.717, 1.165) is 45.3 Å². The lowest BCUT2D eigenvalue weighted by Gasteiger charge is -2.36. The van der Waals surface area contributed by atoms with Gasteiger partial charge in [-0.2, -0.15) is 0 Å². The van der Waals surface area contributed by atoms with Gasteiger partial charge in [-0.15, -0.1) is 0 Å². The van der Waals surface area contributed by atoms with Gasteiger partial charge in [0.2, 0.25) is 0 Å². The number of ether oxygens (including phenoxy) is 1. The summed E-state index contributed by atoms with van der Waals surface area (Å²) in [5.74, 6) is 0. The van der Waals surface area contributed by atoms with E-state index in [4.69, 9.17) is 4.74 Å². The highest BCUT2D eigenvalue weighted by Crippen LogP contribution is 2.28. The molecule has 0 aromatic heterocycles. The van der Waals surface area contributed by atoms with Crippen molar-refractivity contribution in [3.05, 3.63) is 0 Å². The topological polar surface area (TPSA) is 41.5 Å². The highest BCUT2D eigenvalue weighted by molar-refractivity contribution is 4.87. The third kappa shape index (κ3) is 4.81. The molecule has 0 unspecified atom stereocenters. The molecule has 0 aromatic carbocycles. The third-order valence-corrected chi connectivity index (χ3v) is 3.32. The SMILES string of the molecule is CCCNC1CCC(O)(COCCC)CC1. The highest BCUT2D eigenvalue weighted by atomic mass is 16.5. The van der Waals surface area contributed by atoms with E-state index in [2.05, 4.69) is 19.2 Å². The Morgan fingerprint density at radius 1 is 1.25 bits per heavy atom. The molecular weight excluding hydrogens is 202 g/mol. The van der Waals surface area contributed by atoms with Gasteiger partial charge in [-0.25, -0.2) is 0 Å². The number of nitrogens with one attached hydrogen (secondary N) is 1. The average molecular weight is 229 g/mol. The van der Waals surface area contributed by atoms with Gasteiger partial charge in [0.15, 0.2) is 0 Å². The van der Waals surface area contributed by atoms with Crippen molar-refractivity contribution < 1.29 is 9.84 Å². The van der Waals surface area contributed by atoms with Gasteiger partial charge in [-0.3, -0.25) is 0 Å². The van der Waals surface area contributed by atoms with Crippen LogP contribution in [0.2, 0.25) is 0 Å². The Balaban J connectivity index is 2.18. The van der Waals surface area contributed by atoms with Gasteiger partial charge in [0.25, 0.3) is 0 Å². The second-order valence-electron chi connectivity index (χ2n) is 5.01. The zero-order chi connectivity index (χ0) is 11.9. The molecule has 3 heteroatoms. The lowest BCUT2D eigenvalue weighted by atomic mass is 9.82. The molecule has 16 heavy (non-hydrogen) atoms. The standard InChI is InChI=1S/C13H27NO2/c1-3-9-14-12-5-7-13(15,8-6-12)11-16-10-4-2/h12,14-15H,3-11H2,1-2H3. The summed E-state index contributed by atoms with van der Waals surface area (Å²) in [6, 6.07) is 0.603. The number of hydrogen-bond donors (Lipinski definition) is 2. The summed E-state index contributed by atoms with van der Waals surface area (Å²) in [6.07, 6.45) is 6.10. The van der Waals surface area contributed by atoms with Crippen molar-refractivity contribution >= 4 is 0 Å². The fraction of sp³-hybridized carbons (Fsp3) is 1.00. The molecule has 96 valence electrons. The Morgan fingerprint density at radius 2 is 1.94 bits per heavy atom. The van der Waals surface area contributed by atoms with Crippen LogP contribution in [-0.4, -0.2) is 36.5 Å². The van der Waals surface area contributed by atoms with E-state index in [1.165, 1.54) is 6.42 Å². The van der Waals surface area contributed by atoms with Crippen molar-refractivity contribution in [2.75, 3.05) is 19.8 Å². The van der Waals surface area contributed by atoms with Crippen LogP contribution in [0.15, 0.2) is 0 Å². The molecular formula is C13H27NO2. The smallest absolute Gasteiger partial charge is 0.0881 e. The first-order valence-electron chi connectivity index (χ1n) is 6.73. The van der Waals surface area contributed by atoms with E-state index in [-0.39, 0.29) is 0 Å². The first kappa shape index (κ1) is 13.9. The first-order chi connectivity index (χ1) is 7.70. The van der Waals surface area contributed by atoms with Crippen LogP contribution in [0.25, 0.3) is 0 Å². The van der Waals surface area contributed by atoms with Gasteiger partial charge >= 0.3 is 0 Å². The molecule has 0 atom stereocenters. The molecule has 0 bridgehead atoms. The molecule has 1 aliphatic carbocycles. The maximum Gasteiger partial charge on any atom is 0.0881 e. The van der Waals surface area contributed by atoms with Crippen LogP contribution >= 0.6 is 0 Å². The van der Waals surface area contributed by atoms with Crippen LogP contribution in [0.3, 0.4) is 0 Å². The fourth-order valence-corrected chi connectivity index (χ4v) is 2.26. The second kappa shape index (κ2) is 7.25. The normalized spacial score (nSPS) is 30.6. The van der Waals surface area contributed by atoms with Crippen LogP contribution in [0.4, 0.5) is 0 Å². The summed E-state index contributed by atoms with van der Waals surface area (Å²) < 4.78 is 5.47. The van der Waals surface area contributed by atoms with Crippen molar-refractivity contribution in [3.63, 3.8) is 0 Å². The number of hydrogen-bond acceptors (Lipinski definition) is 3. The van der Waals surface area contributed by atoms with Gasteiger partial charge < -0.3 is 15.2 Å². The van der Waals surface area contributed by atoms with E-state index >= 15 is 0 Å². The van der Waals surface area contributed by atoms with Gasteiger partial charge in [-0.1, -0.05) is 13.8 Å². The van der Waals surface area contributed by atoms with Crippen LogP contribution < -0.4 is 5.32 Å². The molecule has 1 aliphatic rings. The van der Waals surface area contributed by atoms with E-state index in [1.807, 2.05) is 0 Å². The monoisotopic (exact) mass is 229 g/mol. The average Bonchev–Trinajstić information content (AvgIpc) is 2.29. The zero-order valence-electron chi connectivity index (χ0n) is 10.8. The van der Waals surface area contributed by atoms with E-state index in [0.29, 0.717) is 12.6 Å². The minimum atomic E-state index is -0.556. The predicted octanol–water partition coefficient (Wildman–Crippen LogP) is 2.09. The minimum absolute atomic E-state index is 0.515. The van der Waals surface area contributed by atoms with Crippen LogP contribution in [-0.2, 0) is 4.74 Å². The van der Waals surface area contributed by atoms with Gasteiger partial charge in [-0.05, 0) is 45.1 Å². The van der Waals surface area contributed by atoms with E-state index in [9.17, 15) is 5.11 Å². The lowest BCUT2D eigenvalue weighted by Crippen LogP contribution is -2.44. The third-order valence-electron chi connectivity index (χ3n) is 3.32. The Kier molecular flexibility index (Phi) is 6.32. The molecule has 1 saturated carbocycles. The Morgan fingerprint density at radius 3 is 2.50 bits per heavy atom. The summed E-state index contributed by atoms with van der Waals surface area (Å²) >= 11 is 0. The molecule has 0 spiro atoms. The quantitative estimate of drug-likeness (QED) is 0.657. The van der Waals surface area contributed by atoms with Crippen molar-refractivity contribution in [1.82, 2.24) is 5.32 Å². The summed E-state index contributed by atoms with van der Waals surface area (Å²) in [4.78, 5) is 0. The highest BCUT2D eigenvalue weighted by Gasteiger charge is 2.32. The summed E-state index contributed by atoms with van der Waals surface area (Å²) in [6.45, 7) is 6.65. The maximum absolute atomic E-state index is 10.3. The Bertz CT molecular complexity index is 177. The molecule has 0 saturated heterocycles. The number of rotatable bonds is 7. The first-order valence-corrected chi connectivity index (χ1v) is 6.73. The van der Waals surface area contributed by atoms with Crippen LogP contribution in [0.5, 0.6) is 0 Å². The van der Waals surface area contributed by atoms with Crippen molar-refractivity contribution in [2.24, 2.45) is 0 Å². The molecule has 0 amide bonds. The van der Waals surface area contributed by atoms with Crippen molar-refractivity contribution in [2.45, 2.75) is 64.0 Å². The fourth-order valence-electron chi connectivity index (χ4n) is 2.26. The Labute approximate surface area is 99.6 Å². The molecule has 0 heterocycles. The van der Waals surface area contributed by atoms with Crippen molar-refractivity contribution in [1.29, 1.82) is 0 Å². The number of aliphatic hydroxyl groups is 1. The van der Waals surface area contributed by atoms with Crippen LogP contribution in [0.1, 0.15) is 52.4 Å². The van der Waals surface area contributed by atoms with Crippen molar-refractivity contribution in [3.8, 4) is 0 Å². The molecule has 2 N–H and O–H groups in total. The summed E-state index contributed by atoms with van der Waals surface area (Å²) in [5, 5.41) is 13.8. The second-order valence-corrected chi connectivity index (χ2v) is 5.01. The van der Waals surface area contributed by atoms with Gasteiger partial charge in [0, 0.05) is 12.6 Å². The van der Waals surface area contributed by atoms with Gasteiger partial charge in [0.1, 0.15) is 0 Å². The van der Waals surface area contributed by atoms with Crippen LogP contribution in [0, 0.1) is 0 Å². The Hall–Kier alpha value is -0.120. The van der Waals surface area contributed by atoms with E-state index < -0.39 is 5.60 Å². The predicted molar refractivity (Wildman–Crippen MR) is 66.6 cm³/mol. The lowest BCUT2D eigenvalue weighted by molar-refractivity contribution is -0.0721. The molecule has 3 nitrogen and oxygen atoms in total.